The van der Waals surface area contributed by atoms with E-state index in [1.165, 1.54) is 6.42 Å². The lowest BCUT2D eigenvalue weighted by Gasteiger charge is -2.44. The topological polar surface area (TPSA) is 50.9 Å². The Hall–Kier alpha value is -0.900. The molecule has 1 aliphatic rings. The number of nitrogens with zero attached hydrogens (tertiary/aromatic N) is 3. The van der Waals surface area contributed by atoms with E-state index in [0.717, 1.165) is 18.7 Å². The summed E-state index contributed by atoms with van der Waals surface area (Å²) in [6.45, 7) is 6.71. The molecule has 2 atom stereocenters. The van der Waals surface area contributed by atoms with Crippen LogP contribution in [0.2, 0.25) is 0 Å². The first-order valence-corrected chi connectivity index (χ1v) is 6.35. The molecule has 4 heteroatoms. The zero-order chi connectivity index (χ0) is 12.7. The quantitative estimate of drug-likeness (QED) is 0.855. The summed E-state index contributed by atoms with van der Waals surface area (Å²) in [4.78, 5) is 4.22. The molecule has 96 valence electrons. The Balaban J connectivity index is 2.16. The van der Waals surface area contributed by atoms with Gasteiger partial charge in [0.05, 0.1) is 5.60 Å². The smallest absolute Gasteiger partial charge is 0.138 e. The Bertz CT molecular complexity index is 399. The van der Waals surface area contributed by atoms with E-state index in [0.29, 0.717) is 12.3 Å². The van der Waals surface area contributed by atoms with Crippen LogP contribution in [0.15, 0.2) is 6.33 Å². The lowest BCUT2D eigenvalue weighted by Crippen LogP contribution is -2.44. The van der Waals surface area contributed by atoms with Crippen molar-refractivity contribution in [1.29, 1.82) is 0 Å². The lowest BCUT2D eigenvalue weighted by atomic mass is 9.65. The van der Waals surface area contributed by atoms with Crippen molar-refractivity contribution >= 4 is 0 Å². The molecule has 2 rings (SSSR count). The SMILES string of the molecule is CC1CC(C)(C)CC(O)(Cc2ncnn2C)C1. The van der Waals surface area contributed by atoms with Gasteiger partial charge in [-0.1, -0.05) is 20.8 Å². The fourth-order valence-electron chi connectivity index (χ4n) is 3.61. The molecule has 1 saturated carbocycles. The molecule has 1 N–H and O–H groups in total. The fraction of sp³-hybridized carbons (Fsp3) is 0.846. The van der Waals surface area contributed by atoms with Crippen molar-refractivity contribution in [1.82, 2.24) is 14.8 Å². The maximum absolute atomic E-state index is 10.8. The van der Waals surface area contributed by atoms with Gasteiger partial charge in [-0.3, -0.25) is 4.68 Å². The molecule has 1 aliphatic carbocycles. The second-order valence-electron chi connectivity index (χ2n) is 6.56. The van der Waals surface area contributed by atoms with Crippen LogP contribution in [-0.2, 0) is 13.5 Å². The minimum Gasteiger partial charge on any atom is -0.389 e. The van der Waals surface area contributed by atoms with Crippen molar-refractivity contribution in [2.75, 3.05) is 0 Å². The van der Waals surface area contributed by atoms with Crippen molar-refractivity contribution in [3.8, 4) is 0 Å². The minimum atomic E-state index is -0.623. The van der Waals surface area contributed by atoms with Crippen LogP contribution in [0.1, 0.15) is 45.9 Å². The molecular weight excluding hydrogens is 214 g/mol. The van der Waals surface area contributed by atoms with Crippen LogP contribution in [0.5, 0.6) is 0 Å². The third-order valence-corrected chi connectivity index (χ3v) is 3.73. The molecule has 1 heterocycles. The maximum Gasteiger partial charge on any atom is 0.138 e. The summed E-state index contributed by atoms with van der Waals surface area (Å²) in [5.41, 5.74) is -0.410. The molecule has 0 bridgehead atoms. The normalized spacial score (nSPS) is 32.6. The summed E-state index contributed by atoms with van der Waals surface area (Å²) in [5.74, 6) is 1.44. The van der Waals surface area contributed by atoms with Crippen molar-refractivity contribution in [2.45, 2.75) is 52.1 Å². The van der Waals surface area contributed by atoms with Gasteiger partial charge in [0.15, 0.2) is 0 Å². The van der Waals surface area contributed by atoms with Crippen LogP contribution in [0.25, 0.3) is 0 Å². The highest BCUT2D eigenvalue weighted by Gasteiger charge is 2.42. The molecule has 0 spiro atoms. The highest BCUT2D eigenvalue weighted by Crippen LogP contribution is 2.44. The van der Waals surface area contributed by atoms with Gasteiger partial charge >= 0.3 is 0 Å². The maximum atomic E-state index is 10.8. The Morgan fingerprint density at radius 3 is 2.71 bits per heavy atom. The van der Waals surface area contributed by atoms with Crippen molar-refractivity contribution in [3.05, 3.63) is 12.2 Å². The van der Waals surface area contributed by atoms with Crippen LogP contribution in [-0.4, -0.2) is 25.5 Å². The van der Waals surface area contributed by atoms with Gasteiger partial charge in [-0.25, -0.2) is 4.98 Å². The number of rotatable bonds is 2. The molecule has 1 fully saturated rings. The first kappa shape index (κ1) is 12.6. The van der Waals surface area contributed by atoms with Gasteiger partial charge < -0.3 is 5.11 Å². The summed E-state index contributed by atoms with van der Waals surface area (Å²) >= 11 is 0. The summed E-state index contributed by atoms with van der Waals surface area (Å²) in [7, 11) is 1.88. The van der Waals surface area contributed by atoms with Gasteiger partial charge in [0.2, 0.25) is 0 Å². The molecule has 17 heavy (non-hydrogen) atoms. The first-order valence-electron chi connectivity index (χ1n) is 6.35. The summed E-state index contributed by atoms with van der Waals surface area (Å²) in [6, 6.07) is 0. The Kier molecular flexibility index (Phi) is 3.02. The van der Waals surface area contributed by atoms with E-state index >= 15 is 0 Å². The van der Waals surface area contributed by atoms with E-state index < -0.39 is 5.60 Å². The molecule has 0 radical (unpaired) electrons. The monoisotopic (exact) mass is 237 g/mol. The number of hydrogen-bond donors (Lipinski definition) is 1. The molecule has 0 aliphatic heterocycles. The van der Waals surface area contributed by atoms with Crippen molar-refractivity contribution in [3.63, 3.8) is 0 Å². The summed E-state index contributed by atoms with van der Waals surface area (Å²) < 4.78 is 1.75. The predicted octanol–water partition coefficient (Wildman–Crippen LogP) is 1.93. The van der Waals surface area contributed by atoms with Gasteiger partial charge in [0, 0.05) is 13.5 Å². The molecule has 4 nitrogen and oxygen atoms in total. The third-order valence-electron chi connectivity index (χ3n) is 3.73. The second-order valence-corrected chi connectivity index (χ2v) is 6.56. The van der Waals surface area contributed by atoms with Crippen molar-refractivity contribution in [2.24, 2.45) is 18.4 Å². The molecule has 0 aromatic carbocycles. The second kappa shape index (κ2) is 4.09. The van der Waals surface area contributed by atoms with Crippen molar-refractivity contribution < 1.29 is 5.11 Å². The van der Waals surface area contributed by atoms with Crippen LogP contribution in [0.3, 0.4) is 0 Å². The average molecular weight is 237 g/mol. The van der Waals surface area contributed by atoms with E-state index in [4.69, 9.17) is 0 Å². The van der Waals surface area contributed by atoms with Gasteiger partial charge in [0.25, 0.3) is 0 Å². The predicted molar refractivity (Wildman–Crippen MR) is 66.5 cm³/mol. The van der Waals surface area contributed by atoms with E-state index in [-0.39, 0.29) is 5.41 Å². The molecule has 1 aromatic heterocycles. The van der Waals surface area contributed by atoms with Gasteiger partial charge in [-0.05, 0) is 30.6 Å². The molecule has 0 amide bonds. The number of aryl methyl sites for hydroxylation is 1. The molecular formula is C13H23N3O. The van der Waals surface area contributed by atoms with Crippen LogP contribution >= 0.6 is 0 Å². The van der Waals surface area contributed by atoms with E-state index in [9.17, 15) is 5.11 Å². The zero-order valence-corrected chi connectivity index (χ0v) is 11.3. The largest absolute Gasteiger partial charge is 0.389 e. The number of hydrogen-bond acceptors (Lipinski definition) is 3. The number of aliphatic hydroxyl groups is 1. The van der Waals surface area contributed by atoms with E-state index in [1.807, 2.05) is 7.05 Å². The van der Waals surface area contributed by atoms with Crippen LogP contribution < -0.4 is 0 Å². The summed E-state index contributed by atoms with van der Waals surface area (Å²) in [6.07, 6.45) is 5.06. The summed E-state index contributed by atoms with van der Waals surface area (Å²) in [5, 5.41) is 14.9. The lowest BCUT2D eigenvalue weighted by molar-refractivity contribution is -0.0591. The number of aromatic nitrogens is 3. The average Bonchev–Trinajstić information content (AvgIpc) is 2.46. The third kappa shape index (κ3) is 2.86. The van der Waals surface area contributed by atoms with Gasteiger partial charge in [-0.2, -0.15) is 5.10 Å². The van der Waals surface area contributed by atoms with Gasteiger partial charge in [-0.15, -0.1) is 0 Å². The first-order chi connectivity index (χ1) is 7.80. The van der Waals surface area contributed by atoms with E-state index in [1.54, 1.807) is 11.0 Å². The zero-order valence-electron chi connectivity index (χ0n) is 11.3. The highest BCUT2D eigenvalue weighted by molar-refractivity contribution is 5.00. The Labute approximate surface area is 103 Å². The molecule has 2 unspecified atom stereocenters. The standard InChI is InChI=1S/C13H23N3O/c1-10-5-12(2,3)8-13(17,6-10)7-11-14-9-15-16(11)4/h9-10,17H,5-8H2,1-4H3. The fourth-order valence-corrected chi connectivity index (χ4v) is 3.61. The minimum absolute atomic E-state index is 0.213. The molecule has 0 saturated heterocycles. The Morgan fingerprint density at radius 1 is 1.47 bits per heavy atom. The molecule has 1 aromatic rings. The highest BCUT2D eigenvalue weighted by atomic mass is 16.3. The van der Waals surface area contributed by atoms with Crippen LogP contribution in [0.4, 0.5) is 0 Å². The van der Waals surface area contributed by atoms with E-state index in [2.05, 4.69) is 30.9 Å². The van der Waals surface area contributed by atoms with Crippen LogP contribution in [0, 0.1) is 11.3 Å². The Morgan fingerprint density at radius 2 is 2.18 bits per heavy atom. The van der Waals surface area contributed by atoms with Gasteiger partial charge in [0.1, 0.15) is 12.2 Å².